The first-order valence-electron chi connectivity index (χ1n) is 5.36. The van der Waals surface area contributed by atoms with Gasteiger partial charge < -0.3 is 5.73 Å². The molecule has 1 heterocycles. The normalized spacial score (nSPS) is 36.9. The zero-order valence-electron chi connectivity index (χ0n) is 8.43. The van der Waals surface area contributed by atoms with Gasteiger partial charge >= 0.3 is 0 Å². The van der Waals surface area contributed by atoms with Crippen molar-refractivity contribution in [3.05, 3.63) is 11.9 Å². The Labute approximate surface area is 83.5 Å². The quantitative estimate of drug-likeness (QED) is 0.756. The van der Waals surface area contributed by atoms with Crippen LogP contribution in [0.4, 0.5) is 0 Å². The maximum Gasteiger partial charge on any atom is 0.0996 e. The highest BCUT2D eigenvalue weighted by Gasteiger charge is 2.47. The highest BCUT2D eigenvalue weighted by atomic mass is 15.4. The second-order valence-corrected chi connectivity index (χ2v) is 4.83. The summed E-state index contributed by atoms with van der Waals surface area (Å²) in [6.07, 6.45) is 6.00. The first-order valence-corrected chi connectivity index (χ1v) is 5.36. The number of hydrogen-bond acceptors (Lipinski definition) is 3. The average molecular weight is 192 g/mol. The van der Waals surface area contributed by atoms with Crippen LogP contribution in [0.5, 0.6) is 0 Å². The van der Waals surface area contributed by atoms with Gasteiger partial charge in [-0.2, -0.15) is 0 Å². The Bertz CT molecular complexity index is 336. The van der Waals surface area contributed by atoms with E-state index in [0.29, 0.717) is 5.92 Å². The van der Waals surface area contributed by atoms with E-state index in [0.717, 1.165) is 17.5 Å². The minimum atomic E-state index is 0.108. The Morgan fingerprint density at radius 2 is 2.14 bits per heavy atom. The van der Waals surface area contributed by atoms with E-state index < -0.39 is 0 Å². The van der Waals surface area contributed by atoms with Crippen molar-refractivity contribution in [1.29, 1.82) is 0 Å². The van der Waals surface area contributed by atoms with Gasteiger partial charge in [-0.1, -0.05) is 5.21 Å². The van der Waals surface area contributed by atoms with Crippen LogP contribution in [-0.4, -0.2) is 15.0 Å². The largest absolute Gasteiger partial charge is 0.322 e. The predicted molar refractivity (Wildman–Crippen MR) is 52.3 cm³/mol. The lowest BCUT2D eigenvalue weighted by Crippen LogP contribution is -2.20. The Hall–Kier alpha value is -0.900. The number of rotatable bonds is 2. The lowest BCUT2D eigenvalue weighted by atomic mass is 9.93. The standard InChI is InChI=1S/C10H16N4/c1-14-5-9(12-13-14)10(11)8-3-6-2-7(6)4-8/h5-8,10H,2-4,11H2,1H3. The highest BCUT2D eigenvalue weighted by molar-refractivity contribution is 5.07. The minimum absolute atomic E-state index is 0.108. The molecule has 4 heteroatoms. The van der Waals surface area contributed by atoms with Gasteiger partial charge in [0, 0.05) is 13.2 Å². The van der Waals surface area contributed by atoms with Gasteiger partial charge in [-0.3, -0.25) is 4.68 Å². The molecule has 0 aromatic carbocycles. The molecule has 0 aliphatic heterocycles. The Kier molecular flexibility index (Phi) is 1.68. The van der Waals surface area contributed by atoms with Crippen LogP contribution in [0.3, 0.4) is 0 Å². The second-order valence-electron chi connectivity index (χ2n) is 4.83. The molecule has 3 unspecified atom stereocenters. The third-order valence-corrected chi connectivity index (χ3v) is 3.75. The first-order chi connectivity index (χ1) is 6.74. The smallest absolute Gasteiger partial charge is 0.0996 e. The fourth-order valence-electron chi connectivity index (χ4n) is 2.81. The van der Waals surface area contributed by atoms with Crippen LogP contribution in [0.25, 0.3) is 0 Å². The zero-order valence-corrected chi connectivity index (χ0v) is 8.43. The third-order valence-electron chi connectivity index (χ3n) is 3.75. The summed E-state index contributed by atoms with van der Waals surface area (Å²) in [4.78, 5) is 0. The van der Waals surface area contributed by atoms with Crippen molar-refractivity contribution >= 4 is 0 Å². The Morgan fingerprint density at radius 3 is 2.71 bits per heavy atom. The molecule has 0 saturated heterocycles. The van der Waals surface area contributed by atoms with Crippen LogP contribution in [0, 0.1) is 17.8 Å². The van der Waals surface area contributed by atoms with E-state index in [1.54, 1.807) is 4.68 Å². The van der Waals surface area contributed by atoms with E-state index in [4.69, 9.17) is 5.73 Å². The van der Waals surface area contributed by atoms with E-state index in [2.05, 4.69) is 10.3 Å². The molecule has 2 aliphatic rings. The lowest BCUT2D eigenvalue weighted by Gasteiger charge is -2.17. The monoisotopic (exact) mass is 192 g/mol. The van der Waals surface area contributed by atoms with Crippen molar-refractivity contribution < 1.29 is 0 Å². The summed E-state index contributed by atoms with van der Waals surface area (Å²) in [6.45, 7) is 0. The molecular formula is C10H16N4. The number of hydrogen-bond donors (Lipinski definition) is 1. The summed E-state index contributed by atoms with van der Waals surface area (Å²) in [5.41, 5.74) is 7.14. The van der Waals surface area contributed by atoms with Crippen molar-refractivity contribution in [3.63, 3.8) is 0 Å². The number of fused-ring (bicyclic) bond motifs is 1. The zero-order chi connectivity index (χ0) is 9.71. The number of nitrogens with zero attached hydrogens (tertiary/aromatic N) is 3. The summed E-state index contributed by atoms with van der Waals surface area (Å²) < 4.78 is 1.73. The fraction of sp³-hybridized carbons (Fsp3) is 0.800. The summed E-state index contributed by atoms with van der Waals surface area (Å²) >= 11 is 0. The van der Waals surface area contributed by atoms with E-state index in [-0.39, 0.29) is 6.04 Å². The minimum Gasteiger partial charge on any atom is -0.322 e. The topological polar surface area (TPSA) is 56.7 Å². The van der Waals surface area contributed by atoms with Gasteiger partial charge in [-0.15, -0.1) is 5.10 Å². The maximum atomic E-state index is 6.18. The molecule has 0 radical (unpaired) electrons. The summed E-state index contributed by atoms with van der Waals surface area (Å²) in [6, 6.07) is 0.108. The van der Waals surface area contributed by atoms with Crippen LogP contribution in [-0.2, 0) is 7.05 Å². The molecule has 0 spiro atoms. The molecular weight excluding hydrogens is 176 g/mol. The molecule has 4 nitrogen and oxygen atoms in total. The number of aromatic nitrogens is 3. The van der Waals surface area contributed by atoms with E-state index in [1.165, 1.54) is 19.3 Å². The molecule has 0 bridgehead atoms. The number of aryl methyl sites for hydroxylation is 1. The van der Waals surface area contributed by atoms with Crippen molar-refractivity contribution in [3.8, 4) is 0 Å². The number of nitrogens with two attached hydrogens (primary N) is 1. The van der Waals surface area contributed by atoms with Gasteiger partial charge in [-0.05, 0) is 37.0 Å². The van der Waals surface area contributed by atoms with Crippen molar-refractivity contribution in [2.45, 2.75) is 25.3 Å². The van der Waals surface area contributed by atoms with Gasteiger partial charge in [0.15, 0.2) is 0 Å². The molecule has 1 aromatic heterocycles. The molecule has 2 fully saturated rings. The average Bonchev–Trinajstić information content (AvgIpc) is 2.64. The molecule has 0 amide bonds. The van der Waals surface area contributed by atoms with Crippen LogP contribution in [0.15, 0.2) is 6.20 Å². The van der Waals surface area contributed by atoms with Gasteiger partial charge in [0.25, 0.3) is 0 Å². The molecule has 1 aromatic rings. The van der Waals surface area contributed by atoms with Crippen molar-refractivity contribution in [1.82, 2.24) is 15.0 Å². The first kappa shape index (κ1) is 8.41. The summed E-state index contributed by atoms with van der Waals surface area (Å²) in [7, 11) is 1.88. The van der Waals surface area contributed by atoms with E-state index >= 15 is 0 Å². The summed E-state index contributed by atoms with van der Waals surface area (Å²) in [5, 5.41) is 8.01. The van der Waals surface area contributed by atoms with Crippen LogP contribution in [0.2, 0.25) is 0 Å². The summed E-state index contributed by atoms with van der Waals surface area (Å²) in [5.74, 6) is 2.63. The van der Waals surface area contributed by atoms with Crippen LogP contribution in [0.1, 0.15) is 31.0 Å². The van der Waals surface area contributed by atoms with Crippen molar-refractivity contribution in [2.75, 3.05) is 0 Å². The molecule has 3 rings (SSSR count). The Balaban J connectivity index is 1.72. The van der Waals surface area contributed by atoms with Crippen LogP contribution < -0.4 is 5.73 Å². The molecule has 14 heavy (non-hydrogen) atoms. The molecule has 2 saturated carbocycles. The fourth-order valence-corrected chi connectivity index (χ4v) is 2.81. The van der Waals surface area contributed by atoms with Gasteiger partial charge in [0.2, 0.25) is 0 Å². The second kappa shape index (κ2) is 2.79. The Morgan fingerprint density at radius 1 is 1.43 bits per heavy atom. The molecule has 76 valence electrons. The maximum absolute atomic E-state index is 6.18. The highest BCUT2D eigenvalue weighted by Crippen LogP contribution is 2.56. The lowest BCUT2D eigenvalue weighted by molar-refractivity contribution is 0.397. The van der Waals surface area contributed by atoms with Crippen LogP contribution >= 0.6 is 0 Å². The third kappa shape index (κ3) is 1.25. The van der Waals surface area contributed by atoms with Gasteiger partial charge in [0.05, 0.1) is 11.7 Å². The molecule has 3 atom stereocenters. The van der Waals surface area contributed by atoms with E-state index in [9.17, 15) is 0 Å². The molecule has 2 N–H and O–H groups in total. The molecule has 2 aliphatic carbocycles. The SMILES string of the molecule is Cn1cc(C(N)C2CC3CC3C2)nn1. The van der Waals surface area contributed by atoms with Gasteiger partial charge in [-0.25, -0.2) is 0 Å². The van der Waals surface area contributed by atoms with Crippen molar-refractivity contribution in [2.24, 2.45) is 30.5 Å². The predicted octanol–water partition coefficient (Wildman–Crippen LogP) is 0.861. The van der Waals surface area contributed by atoms with E-state index in [1.807, 2.05) is 13.2 Å². The van der Waals surface area contributed by atoms with Gasteiger partial charge in [0.1, 0.15) is 0 Å².